The Kier molecular flexibility index (Phi) is 7.51. The molecule has 69 heavy (non-hydrogen) atoms. The summed E-state index contributed by atoms with van der Waals surface area (Å²) in [4.78, 5) is 0. The lowest BCUT2D eigenvalue weighted by Gasteiger charge is -2.17. The fraction of sp³-hybridized carbons (Fsp3) is 0. The molecule has 0 saturated carbocycles. The Labute approximate surface area is 392 Å². The molecule has 0 aliphatic carbocycles. The molecule has 0 aliphatic rings. The summed E-state index contributed by atoms with van der Waals surface area (Å²) in [6, 6.07) is 76.8. The van der Waals surface area contributed by atoms with E-state index >= 15 is 0 Å². The van der Waals surface area contributed by atoms with Crippen molar-refractivity contribution in [3.8, 4) is 34.9 Å². The number of nitrogens with zero attached hydrogens (tertiary/aromatic N) is 6. The van der Waals surface area contributed by atoms with Crippen LogP contribution in [-0.4, -0.2) is 18.3 Å². The van der Waals surface area contributed by atoms with Gasteiger partial charge in [0.25, 0.3) is 0 Å². The van der Waals surface area contributed by atoms with Crippen LogP contribution in [0.4, 0.5) is 0 Å². The van der Waals surface area contributed by atoms with E-state index in [4.69, 9.17) is 4.42 Å². The number of fused-ring (bicyclic) bond motifs is 17. The predicted molar refractivity (Wildman–Crippen MR) is 281 cm³/mol. The molecule has 5 aromatic heterocycles. The smallest absolute Gasteiger partial charge is 0.145 e. The van der Waals surface area contributed by atoms with E-state index in [1.54, 1.807) is 0 Å². The Balaban J connectivity index is 1.05. The number of benzene rings is 10. The normalized spacial score (nSPS) is 12.0. The third kappa shape index (κ3) is 4.97. The zero-order valence-corrected chi connectivity index (χ0v) is 36.7. The first-order valence-electron chi connectivity index (χ1n) is 23.1. The van der Waals surface area contributed by atoms with Crippen LogP contribution >= 0.6 is 0 Å². The van der Waals surface area contributed by atoms with Crippen molar-refractivity contribution in [3.05, 3.63) is 217 Å². The highest BCUT2D eigenvalue weighted by molar-refractivity contribution is 6.26. The second kappa shape index (κ2) is 13.9. The lowest BCUT2D eigenvalue weighted by atomic mass is 10.1. The van der Waals surface area contributed by atoms with Crippen molar-refractivity contribution in [1.82, 2.24) is 18.3 Å². The number of hydrogen-bond acceptors (Lipinski definition) is 3. The zero-order valence-electron chi connectivity index (χ0n) is 36.7. The SMILES string of the molecule is N#Cc1cc(-n2c3ccccc3c3ccc4c5ccccc5n(-c5ccccc5)c4c32)c(C#N)cc1-n1c2ccc(-n3c4ccccc4c4ccccc43)cc2c2c3oc4ccccc4c3ccc21. The molecule has 15 rings (SSSR count). The molecule has 0 bridgehead atoms. The van der Waals surface area contributed by atoms with Crippen LogP contribution in [0.5, 0.6) is 0 Å². The first-order valence-corrected chi connectivity index (χ1v) is 23.1. The van der Waals surface area contributed by atoms with Gasteiger partial charge in [0.05, 0.1) is 72.0 Å². The number of para-hydroxylation sites is 6. The van der Waals surface area contributed by atoms with Crippen molar-refractivity contribution in [3.63, 3.8) is 0 Å². The van der Waals surface area contributed by atoms with Crippen LogP contribution in [0, 0.1) is 22.7 Å². The first-order chi connectivity index (χ1) is 34.2. The quantitative estimate of drug-likeness (QED) is 0.177. The third-order valence-electron chi connectivity index (χ3n) is 14.4. The van der Waals surface area contributed by atoms with Crippen LogP contribution in [0.3, 0.4) is 0 Å². The Morgan fingerprint density at radius 2 is 0.783 bits per heavy atom. The van der Waals surface area contributed by atoms with Crippen molar-refractivity contribution >= 4 is 109 Å². The Hall–Kier alpha value is -9.82. The minimum Gasteiger partial charge on any atom is -0.455 e. The van der Waals surface area contributed by atoms with Gasteiger partial charge in [0.2, 0.25) is 0 Å². The Morgan fingerprint density at radius 1 is 0.319 bits per heavy atom. The fourth-order valence-electron chi connectivity index (χ4n) is 11.6. The largest absolute Gasteiger partial charge is 0.455 e. The molecule has 0 spiro atoms. The number of rotatable bonds is 4. The maximum absolute atomic E-state index is 11.4. The molecule has 0 aliphatic heterocycles. The van der Waals surface area contributed by atoms with E-state index in [0.29, 0.717) is 22.5 Å². The van der Waals surface area contributed by atoms with Gasteiger partial charge in [-0.25, -0.2) is 0 Å². The van der Waals surface area contributed by atoms with Gasteiger partial charge in [-0.3, -0.25) is 0 Å². The number of nitriles is 2. The molecule has 0 atom stereocenters. The van der Waals surface area contributed by atoms with E-state index in [-0.39, 0.29) is 0 Å². The summed E-state index contributed by atoms with van der Waals surface area (Å²) in [5.74, 6) is 0. The lowest BCUT2D eigenvalue weighted by molar-refractivity contribution is 0.673. The van der Waals surface area contributed by atoms with Gasteiger partial charge in [-0.05, 0) is 84.9 Å². The average molecular weight is 879 g/mol. The summed E-state index contributed by atoms with van der Waals surface area (Å²) in [7, 11) is 0. The highest BCUT2D eigenvalue weighted by Gasteiger charge is 2.26. The highest BCUT2D eigenvalue weighted by atomic mass is 16.3. The van der Waals surface area contributed by atoms with E-state index < -0.39 is 0 Å². The van der Waals surface area contributed by atoms with Gasteiger partial charge in [-0.1, -0.05) is 121 Å². The molecule has 0 radical (unpaired) electrons. The van der Waals surface area contributed by atoms with Crippen LogP contribution in [0.1, 0.15) is 11.1 Å². The van der Waals surface area contributed by atoms with Crippen LogP contribution in [-0.2, 0) is 0 Å². The van der Waals surface area contributed by atoms with Crippen molar-refractivity contribution in [2.24, 2.45) is 0 Å². The van der Waals surface area contributed by atoms with E-state index in [0.717, 1.165) is 110 Å². The Morgan fingerprint density at radius 3 is 1.41 bits per heavy atom. The van der Waals surface area contributed by atoms with Crippen LogP contribution in [0.25, 0.3) is 132 Å². The van der Waals surface area contributed by atoms with Gasteiger partial charge < -0.3 is 22.7 Å². The molecule has 0 N–H and O–H groups in total. The zero-order chi connectivity index (χ0) is 45.5. The van der Waals surface area contributed by atoms with Crippen LogP contribution < -0.4 is 0 Å². The maximum Gasteiger partial charge on any atom is 0.145 e. The molecule has 7 heteroatoms. The minimum atomic E-state index is 0.431. The first kappa shape index (κ1) is 37.4. The molecule has 15 aromatic rings. The summed E-state index contributed by atoms with van der Waals surface area (Å²) >= 11 is 0. The Bertz CT molecular complexity index is 4760. The van der Waals surface area contributed by atoms with Gasteiger partial charge in [0.15, 0.2) is 0 Å². The molecule has 0 fully saturated rings. The van der Waals surface area contributed by atoms with E-state index in [1.807, 2.05) is 42.5 Å². The standard InChI is InChI=1S/C62H34N6O/c63-35-37-33-57(68-53-24-12-7-19-44(53)47-28-27-46-43-18-6-11-23-52(43)66(60(46)61(47)68)39-14-2-1-3-15-39)38(36-64)32-56(37)67-54-30-26-40(65-50-21-9-4-16-41(50)42-17-5-10-22-51(42)65)34-49(54)59-55(67)31-29-48-45-20-8-13-25-58(45)69-62(48)59/h1-34H. The molecule has 0 unspecified atom stereocenters. The molecule has 7 nitrogen and oxygen atoms in total. The van der Waals surface area contributed by atoms with Gasteiger partial charge in [-0.15, -0.1) is 0 Å². The summed E-state index contributed by atoms with van der Waals surface area (Å²) < 4.78 is 15.8. The molecular weight excluding hydrogens is 845 g/mol. The van der Waals surface area contributed by atoms with Crippen LogP contribution in [0.15, 0.2) is 211 Å². The number of hydrogen-bond donors (Lipinski definition) is 0. The van der Waals surface area contributed by atoms with E-state index in [1.165, 1.54) is 10.8 Å². The fourth-order valence-corrected chi connectivity index (χ4v) is 11.6. The second-order valence-electron chi connectivity index (χ2n) is 17.8. The highest BCUT2D eigenvalue weighted by Crippen LogP contribution is 2.45. The van der Waals surface area contributed by atoms with Crippen molar-refractivity contribution in [2.45, 2.75) is 0 Å². The summed E-state index contributed by atoms with van der Waals surface area (Å²) in [6.07, 6.45) is 0. The van der Waals surface area contributed by atoms with Crippen molar-refractivity contribution in [1.29, 1.82) is 10.5 Å². The van der Waals surface area contributed by atoms with Gasteiger partial charge in [-0.2, -0.15) is 10.5 Å². The molecule has 0 amide bonds. The van der Waals surface area contributed by atoms with Crippen molar-refractivity contribution in [2.75, 3.05) is 0 Å². The van der Waals surface area contributed by atoms with E-state index in [2.05, 4.69) is 194 Å². The summed E-state index contributed by atoms with van der Waals surface area (Å²) in [5, 5.41) is 33.5. The topological polar surface area (TPSA) is 80.4 Å². The molecule has 0 saturated heterocycles. The second-order valence-corrected chi connectivity index (χ2v) is 17.8. The molecule has 5 heterocycles. The number of furan rings is 1. The van der Waals surface area contributed by atoms with Crippen LogP contribution in [0.2, 0.25) is 0 Å². The van der Waals surface area contributed by atoms with Gasteiger partial charge >= 0.3 is 0 Å². The maximum atomic E-state index is 11.4. The minimum absolute atomic E-state index is 0.431. The predicted octanol–water partition coefficient (Wildman–Crippen LogP) is 15.7. The van der Waals surface area contributed by atoms with Crippen molar-refractivity contribution < 1.29 is 4.42 Å². The van der Waals surface area contributed by atoms with Gasteiger partial charge in [0, 0.05) is 59.9 Å². The molecule has 10 aromatic carbocycles. The summed E-state index contributed by atoms with van der Waals surface area (Å²) in [5.41, 5.74) is 13.7. The average Bonchev–Trinajstić information content (AvgIpc) is 4.21. The number of aromatic nitrogens is 4. The lowest BCUT2D eigenvalue weighted by Crippen LogP contribution is -2.05. The monoisotopic (exact) mass is 878 g/mol. The molecule has 318 valence electrons. The van der Waals surface area contributed by atoms with E-state index in [9.17, 15) is 10.5 Å². The molecular formula is C62H34N6O. The van der Waals surface area contributed by atoms with Gasteiger partial charge in [0.1, 0.15) is 23.3 Å². The summed E-state index contributed by atoms with van der Waals surface area (Å²) in [6.45, 7) is 0. The third-order valence-corrected chi connectivity index (χ3v) is 14.4.